The van der Waals surface area contributed by atoms with Crippen molar-refractivity contribution in [1.82, 2.24) is 0 Å². The molecular formula is C25H34O4. The summed E-state index contributed by atoms with van der Waals surface area (Å²) in [6.45, 7) is 12.9. The van der Waals surface area contributed by atoms with Crippen molar-refractivity contribution >= 4 is 6.08 Å². The van der Waals surface area contributed by atoms with Gasteiger partial charge in [0.05, 0.1) is 12.7 Å². The summed E-state index contributed by atoms with van der Waals surface area (Å²) in [5.74, 6) is 0.418. The second-order valence-electron chi connectivity index (χ2n) is 10.5. The van der Waals surface area contributed by atoms with E-state index in [-0.39, 0.29) is 17.3 Å². The fraction of sp³-hybridized carbons (Fsp3) is 0.680. The second kappa shape index (κ2) is 5.66. The van der Waals surface area contributed by atoms with E-state index in [2.05, 4.69) is 65.8 Å². The molecule has 29 heavy (non-hydrogen) atoms. The molecule has 2 saturated heterocycles. The molecule has 5 rings (SSSR count). The van der Waals surface area contributed by atoms with Crippen molar-refractivity contribution < 1.29 is 19.3 Å². The predicted molar refractivity (Wildman–Crippen MR) is 113 cm³/mol. The topological polar surface area (TPSA) is 47.9 Å². The van der Waals surface area contributed by atoms with Gasteiger partial charge in [0.2, 0.25) is 0 Å². The van der Waals surface area contributed by atoms with Gasteiger partial charge in [-0.25, -0.2) is 0 Å². The molecule has 3 fully saturated rings. The minimum atomic E-state index is -0.972. The minimum Gasteiger partial charge on any atom is -0.496 e. The van der Waals surface area contributed by atoms with Gasteiger partial charge in [-0.1, -0.05) is 39.0 Å². The van der Waals surface area contributed by atoms with E-state index >= 15 is 0 Å². The maximum absolute atomic E-state index is 11.4. The zero-order valence-electron chi connectivity index (χ0n) is 18.7. The molecule has 2 aliphatic carbocycles. The number of methoxy groups -OCH3 is 1. The van der Waals surface area contributed by atoms with Crippen LogP contribution in [0, 0.1) is 30.1 Å². The lowest BCUT2D eigenvalue weighted by Gasteiger charge is -2.59. The predicted octanol–water partition coefficient (Wildman–Crippen LogP) is 4.81. The highest BCUT2D eigenvalue weighted by atomic mass is 16.7. The summed E-state index contributed by atoms with van der Waals surface area (Å²) in [6, 6.07) is 4.23. The maximum atomic E-state index is 11.4. The van der Waals surface area contributed by atoms with E-state index in [0.29, 0.717) is 5.92 Å². The summed E-state index contributed by atoms with van der Waals surface area (Å²) < 4.78 is 19.4. The van der Waals surface area contributed by atoms with Crippen molar-refractivity contribution in [2.75, 3.05) is 7.11 Å². The van der Waals surface area contributed by atoms with Gasteiger partial charge >= 0.3 is 0 Å². The van der Waals surface area contributed by atoms with Gasteiger partial charge in [0.25, 0.3) is 0 Å². The van der Waals surface area contributed by atoms with Crippen molar-refractivity contribution in [3.8, 4) is 5.75 Å². The first-order chi connectivity index (χ1) is 13.5. The van der Waals surface area contributed by atoms with Crippen LogP contribution in [0.3, 0.4) is 0 Å². The van der Waals surface area contributed by atoms with Crippen LogP contribution in [0.2, 0.25) is 0 Å². The number of ether oxygens (including phenoxy) is 3. The zero-order valence-corrected chi connectivity index (χ0v) is 18.7. The number of rotatable bonds is 1. The molecule has 158 valence electrons. The Kier molecular flexibility index (Phi) is 3.82. The van der Waals surface area contributed by atoms with E-state index in [0.717, 1.165) is 24.2 Å². The molecule has 7 atom stereocenters. The van der Waals surface area contributed by atoms with Gasteiger partial charge in [0, 0.05) is 17.3 Å². The van der Waals surface area contributed by atoms with Crippen LogP contribution < -0.4 is 4.74 Å². The van der Waals surface area contributed by atoms with Gasteiger partial charge in [0.1, 0.15) is 17.5 Å². The monoisotopic (exact) mass is 398 g/mol. The molecule has 4 aliphatic rings. The van der Waals surface area contributed by atoms with Crippen molar-refractivity contribution in [2.24, 2.45) is 23.2 Å². The van der Waals surface area contributed by atoms with E-state index < -0.39 is 23.1 Å². The summed E-state index contributed by atoms with van der Waals surface area (Å²) in [6.07, 6.45) is 5.98. The van der Waals surface area contributed by atoms with Crippen LogP contribution in [0.4, 0.5) is 0 Å². The van der Waals surface area contributed by atoms with Gasteiger partial charge in [-0.05, 0) is 62.3 Å². The number of aliphatic hydroxyl groups excluding tert-OH is 1. The lowest BCUT2D eigenvalue weighted by Crippen LogP contribution is -2.64. The van der Waals surface area contributed by atoms with E-state index in [1.807, 2.05) is 0 Å². The van der Waals surface area contributed by atoms with Gasteiger partial charge < -0.3 is 19.3 Å². The Labute approximate surface area is 174 Å². The molecule has 1 N–H and O–H groups in total. The number of fused-ring (bicyclic) bond motifs is 1. The molecule has 1 saturated carbocycles. The van der Waals surface area contributed by atoms with E-state index in [1.165, 1.54) is 11.1 Å². The van der Waals surface area contributed by atoms with Crippen LogP contribution in [0.1, 0.15) is 64.2 Å². The standard InChI is InChI=1S/C25H34O4/c1-14-17-10-12-23(6)18-11-13-24(23,19(17)8-9-20(14)27-7)29-25(15(18)2)21(26)16(3)22(4,5)28-25/h8-10,12,15-16,18,21,26H,11,13H2,1-7H3/t15-,16-,18+,21+,23+,24-,25?/m0/s1. The van der Waals surface area contributed by atoms with Crippen LogP contribution in [-0.4, -0.2) is 29.7 Å². The Morgan fingerprint density at radius 2 is 1.83 bits per heavy atom. The Balaban J connectivity index is 1.72. The third-order valence-electron chi connectivity index (χ3n) is 9.14. The van der Waals surface area contributed by atoms with Gasteiger partial charge in [0.15, 0.2) is 5.79 Å². The first-order valence-corrected chi connectivity index (χ1v) is 11.0. The van der Waals surface area contributed by atoms with Crippen molar-refractivity contribution in [2.45, 2.75) is 77.5 Å². The molecule has 1 unspecified atom stereocenters. The van der Waals surface area contributed by atoms with Crippen molar-refractivity contribution in [3.63, 3.8) is 0 Å². The quantitative estimate of drug-likeness (QED) is 0.737. The first kappa shape index (κ1) is 19.6. The molecule has 2 heterocycles. The second-order valence-corrected chi connectivity index (χ2v) is 10.5. The van der Waals surface area contributed by atoms with E-state index in [4.69, 9.17) is 14.2 Å². The SMILES string of the molecule is COc1ccc2c(c1C)C=C[C@]1(C)[C@@H]3CC[C@]21OC1(OC(C)(C)[C@@H](C)[C@H]1O)[C@H]3C. The third-order valence-corrected chi connectivity index (χ3v) is 9.14. The number of aliphatic hydroxyl groups is 1. The number of hydrogen-bond acceptors (Lipinski definition) is 4. The molecule has 0 amide bonds. The fourth-order valence-electron chi connectivity index (χ4n) is 7.03. The molecule has 4 heteroatoms. The van der Waals surface area contributed by atoms with E-state index in [1.54, 1.807) is 7.11 Å². The summed E-state index contributed by atoms with van der Waals surface area (Å²) >= 11 is 0. The lowest BCUT2D eigenvalue weighted by atomic mass is 9.57. The number of hydrogen-bond donors (Lipinski definition) is 1. The Morgan fingerprint density at radius 3 is 2.45 bits per heavy atom. The maximum Gasteiger partial charge on any atom is 0.199 e. The molecule has 2 aliphatic heterocycles. The van der Waals surface area contributed by atoms with Gasteiger partial charge in [-0.15, -0.1) is 0 Å². The highest BCUT2D eigenvalue weighted by molar-refractivity contribution is 5.67. The Hall–Kier alpha value is -1.36. The summed E-state index contributed by atoms with van der Waals surface area (Å²) in [7, 11) is 1.72. The first-order valence-electron chi connectivity index (χ1n) is 11.0. The molecule has 0 aromatic heterocycles. The third kappa shape index (κ3) is 2.06. The van der Waals surface area contributed by atoms with Crippen LogP contribution in [0.15, 0.2) is 18.2 Å². The molecule has 1 spiro atoms. The van der Waals surface area contributed by atoms with Crippen molar-refractivity contribution in [3.05, 3.63) is 34.9 Å². The smallest absolute Gasteiger partial charge is 0.199 e. The van der Waals surface area contributed by atoms with Crippen LogP contribution in [0.25, 0.3) is 6.08 Å². The van der Waals surface area contributed by atoms with Crippen LogP contribution >= 0.6 is 0 Å². The van der Waals surface area contributed by atoms with Crippen LogP contribution in [-0.2, 0) is 15.1 Å². The molecule has 4 nitrogen and oxygen atoms in total. The molecule has 1 aromatic rings. The number of benzene rings is 1. The Bertz CT molecular complexity index is 904. The van der Waals surface area contributed by atoms with Crippen molar-refractivity contribution in [1.29, 1.82) is 0 Å². The Morgan fingerprint density at radius 1 is 1.10 bits per heavy atom. The summed E-state index contributed by atoms with van der Waals surface area (Å²) in [5.41, 5.74) is 2.49. The van der Waals surface area contributed by atoms with Gasteiger partial charge in [-0.2, -0.15) is 0 Å². The average Bonchev–Trinajstić information content (AvgIpc) is 3.00. The summed E-state index contributed by atoms with van der Waals surface area (Å²) in [4.78, 5) is 0. The highest BCUT2D eigenvalue weighted by Crippen LogP contribution is 2.71. The fourth-order valence-corrected chi connectivity index (χ4v) is 7.03. The summed E-state index contributed by atoms with van der Waals surface area (Å²) in [5, 5.41) is 11.4. The molecule has 2 bridgehead atoms. The average molecular weight is 399 g/mol. The highest BCUT2D eigenvalue weighted by Gasteiger charge is 2.74. The van der Waals surface area contributed by atoms with Gasteiger partial charge in [-0.3, -0.25) is 0 Å². The van der Waals surface area contributed by atoms with E-state index in [9.17, 15) is 5.11 Å². The molecule has 1 aromatic carbocycles. The lowest BCUT2D eigenvalue weighted by molar-refractivity contribution is -0.382. The minimum absolute atomic E-state index is 0.00122. The van der Waals surface area contributed by atoms with Crippen LogP contribution in [0.5, 0.6) is 5.75 Å². The molecular weight excluding hydrogens is 364 g/mol. The molecule has 0 radical (unpaired) electrons. The zero-order chi connectivity index (χ0) is 21.0. The normalized spacial score (nSPS) is 46.6. The largest absolute Gasteiger partial charge is 0.496 e.